The van der Waals surface area contributed by atoms with E-state index in [-0.39, 0.29) is 12.3 Å². The van der Waals surface area contributed by atoms with Gasteiger partial charge < -0.3 is 15.2 Å². The average Bonchev–Trinajstić information content (AvgIpc) is 2.42. The zero-order valence-corrected chi connectivity index (χ0v) is 11.3. The third-order valence-electron chi connectivity index (χ3n) is 2.97. The van der Waals surface area contributed by atoms with Crippen LogP contribution in [0.4, 0.5) is 0 Å². The summed E-state index contributed by atoms with van der Waals surface area (Å²) in [5.74, 6) is -0.220. The van der Waals surface area contributed by atoms with Crippen molar-refractivity contribution in [3.05, 3.63) is 23.5 Å². The molecular weight excluding hydrogens is 246 g/mol. The average molecular weight is 267 g/mol. The second-order valence-corrected chi connectivity index (χ2v) is 4.45. The molecule has 2 N–H and O–H groups in total. The Morgan fingerprint density at radius 2 is 2.16 bits per heavy atom. The molecule has 0 radical (unpaired) electrons. The molecule has 0 aliphatic heterocycles. The van der Waals surface area contributed by atoms with Crippen LogP contribution in [-0.4, -0.2) is 30.6 Å². The largest absolute Gasteiger partial charge is 0.496 e. The van der Waals surface area contributed by atoms with Crippen molar-refractivity contribution in [2.75, 3.05) is 13.7 Å². The SMILES string of the molecule is COC1=C(C(=O)NCCCCCC(=O)O)CCC=C1. The Hall–Kier alpha value is -1.78. The van der Waals surface area contributed by atoms with Crippen LogP contribution in [0.15, 0.2) is 23.5 Å². The minimum Gasteiger partial charge on any atom is -0.496 e. The Morgan fingerprint density at radius 3 is 2.84 bits per heavy atom. The molecule has 0 aromatic rings. The van der Waals surface area contributed by atoms with Crippen LogP contribution < -0.4 is 5.32 Å². The van der Waals surface area contributed by atoms with Crippen LogP contribution in [0.25, 0.3) is 0 Å². The quantitative estimate of drug-likeness (QED) is 0.659. The molecule has 5 nitrogen and oxygen atoms in total. The monoisotopic (exact) mass is 267 g/mol. The van der Waals surface area contributed by atoms with Gasteiger partial charge in [0.2, 0.25) is 0 Å². The molecule has 19 heavy (non-hydrogen) atoms. The number of methoxy groups -OCH3 is 1. The first-order valence-electron chi connectivity index (χ1n) is 6.59. The summed E-state index contributed by atoms with van der Waals surface area (Å²) in [6, 6.07) is 0. The highest BCUT2D eigenvalue weighted by molar-refractivity contribution is 5.94. The zero-order valence-electron chi connectivity index (χ0n) is 11.3. The van der Waals surface area contributed by atoms with E-state index in [4.69, 9.17) is 9.84 Å². The molecule has 0 heterocycles. The Kier molecular flexibility index (Phi) is 6.71. The molecule has 1 rings (SSSR count). The standard InChI is InChI=1S/C14H21NO4/c1-19-12-8-5-4-7-11(12)14(18)15-10-6-2-3-9-13(16)17/h5,8H,2-4,6-7,9-10H2,1H3,(H,15,18)(H,16,17). The number of carboxylic acid groups (broad SMARTS) is 1. The van der Waals surface area contributed by atoms with E-state index in [1.807, 2.05) is 12.2 Å². The van der Waals surface area contributed by atoms with Gasteiger partial charge in [0, 0.05) is 13.0 Å². The lowest BCUT2D eigenvalue weighted by molar-refractivity contribution is -0.137. The lowest BCUT2D eigenvalue weighted by atomic mass is 10.0. The highest BCUT2D eigenvalue weighted by Crippen LogP contribution is 2.19. The lowest BCUT2D eigenvalue weighted by Crippen LogP contribution is -2.27. The van der Waals surface area contributed by atoms with E-state index in [9.17, 15) is 9.59 Å². The Balaban J connectivity index is 2.25. The molecule has 0 saturated heterocycles. The van der Waals surface area contributed by atoms with E-state index in [1.54, 1.807) is 7.11 Å². The fourth-order valence-corrected chi connectivity index (χ4v) is 1.95. The van der Waals surface area contributed by atoms with E-state index in [2.05, 4.69) is 5.32 Å². The third-order valence-corrected chi connectivity index (χ3v) is 2.97. The van der Waals surface area contributed by atoms with Crippen molar-refractivity contribution in [2.24, 2.45) is 0 Å². The number of amides is 1. The van der Waals surface area contributed by atoms with Crippen LogP contribution in [-0.2, 0) is 14.3 Å². The van der Waals surface area contributed by atoms with E-state index < -0.39 is 5.97 Å². The van der Waals surface area contributed by atoms with Crippen molar-refractivity contribution in [3.8, 4) is 0 Å². The molecule has 1 aliphatic rings. The summed E-state index contributed by atoms with van der Waals surface area (Å²) in [6.07, 6.45) is 7.82. The molecule has 0 bridgehead atoms. The maximum absolute atomic E-state index is 11.9. The highest BCUT2D eigenvalue weighted by Gasteiger charge is 2.16. The summed E-state index contributed by atoms with van der Waals surface area (Å²) in [5, 5.41) is 11.3. The van der Waals surface area contributed by atoms with Gasteiger partial charge in [-0.25, -0.2) is 0 Å². The van der Waals surface area contributed by atoms with Gasteiger partial charge in [-0.2, -0.15) is 0 Å². The van der Waals surface area contributed by atoms with Crippen molar-refractivity contribution in [2.45, 2.75) is 38.5 Å². The summed E-state index contributed by atoms with van der Waals surface area (Å²) in [7, 11) is 1.56. The number of hydrogen-bond donors (Lipinski definition) is 2. The summed E-state index contributed by atoms with van der Waals surface area (Å²) >= 11 is 0. The number of carbonyl (C=O) groups excluding carboxylic acids is 1. The van der Waals surface area contributed by atoms with Gasteiger partial charge in [-0.3, -0.25) is 9.59 Å². The molecule has 0 spiro atoms. The van der Waals surface area contributed by atoms with Crippen molar-refractivity contribution in [1.82, 2.24) is 5.32 Å². The zero-order chi connectivity index (χ0) is 14.1. The van der Waals surface area contributed by atoms with Crippen molar-refractivity contribution >= 4 is 11.9 Å². The van der Waals surface area contributed by atoms with Gasteiger partial charge in [-0.1, -0.05) is 12.5 Å². The van der Waals surface area contributed by atoms with Crippen molar-refractivity contribution in [1.29, 1.82) is 0 Å². The highest BCUT2D eigenvalue weighted by atomic mass is 16.5. The molecule has 1 amide bonds. The van der Waals surface area contributed by atoms with Gasteiger partial charge in [0.15, 0.2) is 0 Å². The van der Waals surface area contributed by atoms with Gasteiger partial charge in [0.1, 0.15) is 5.76 Å². The van der Waals surface area contributed by atoms with Crippen LogP contribution in [0, 0.1) is 0 Å². The van der Waals surface area contributed by atoms with E-state index >= 15 is 0 Å². The first-order valence-corrected chi connectivity index (χ1v) is 6.59. The summed E-state index contributed by atoms with van der Waals surface area (Å²) in [5.41, 5.74) is 0.690. The maximum atomic E-state index is 11.9. The number of ether oxygens (including phenoxy) is 1. The van der Waals surface area contributed by atoms with Gasteiger partial charge >= 0.3 is 5.97 Å². The first kappa shape index (κ1) is 15.3. The fraction of sp³-hybridized carbons (Fsp3) is 0.571. The molecule has 0 saturated carbocycles. The minimum absolute atomic E-state index is 0.0839. The summed E-state index contributed by atoms with van der Waals surface area (Å²) < 4.78 is 5.16. The number of nitrogens with one attached hydrogen (secondary N) is 1. The first-order chi connectivity index (χ1) is 9.15. The molecule has 0 atom stereocenters. The predicted molar refractivity (Wildman–Crippen MR) is 71.5 cm³/mol. The van der Waals surface area contributed by atoms with Gasteiger partial charge in [0.25, 0.3) is 5.91 Å². The number of hydrogen-bond acceptors (Lipinski definition) is 3. The van der Waals surface area contributed by atoms with Crippen LogP contribution in [0.2, 0.25) is 0 Å². The maximum Gasteiger partial charge on any atom is 0.303 e. The normalized spacial score (nSPS) is 14.4. The molecule has 5 heteroatoms. The molecule has 0 unspecified atom stereocenters. The lowest BCUT2D eigenvalue weighted by Gasteiger charge is -2.14. The topological polar surface area (TPSA) is 75.6 Å². The number of carbonyl (C=O) groups is 2. The molecule has 106 valence electrons. The number of unbranched alkanes of at least 4 members (excludes halogenated alkanes) is 2. The minimum atomic E-state index is -0.770. The number of aliphatic carboxylic acids is 1. The molecule has 0 aromatic heterocycles. The number of rotatable bonds is 8. The molecule has 0 aromatic carbocycles. The van der Waals surface area contributed by atoms with E-state index in [0.29, 0.717) is 30.7 Å². The third kappa shape index (κ3) is 5.59. The van der Waals surface area contributed by atoms with Crippen LogP contribution in [0.1, 0.15) is 38.5 Å². The van der Waals surface area contributed by atoms with E-state index in [0.717, 1.165) is 19.3 Å². The van der Waals surface area contributed by atoms with Crippen molar-refractivity contribution in [3.63, 3.8) is 0 Å². The molecule has 1 aliphatic carbocycles. The van der Waals surface area contributed by atoms with Crippen LogP contribution in [0.5, 0.6) is 0 Å². The smallest absolute Gasteiger partial charge is 0.303 e. The van der Waals surface area contributed by atoms with Gasteiger partial charge in [0.05, 0.1) is 12.7 Å². The molecule has 0 fully saturated rings. The fourth-order valence-electron chi connectivity index (χ4n) is 1.95. The van der Waals surface area contributed by atoms with Crippen LogP contribution in [0.3, 0.4) is 0 Å². The number of allylic oxidation sites excluding steroid dienone is 2. The Morgan fingerprint density at radius 1 is 1.37 bits per heavy atom. The Bertz CT molecular complexity index is 385. The molecular formula is C14H21NO4. The van der Waals surface area contributed by atoms with E-state index in [1.165, 1.54) is 0 Å². The number of carboxylic acids is 1. The predicted octanol–water partition coefficient (Wildman–Crippen LogP) is 2.00. The van der Waals surface area contributed by atoms with Gasteiger partial charge in [-0.15, -0.1) is 0 Å². The van der Waals surface area contributed by atoms with Crippen LogP contribution >= 0.6 is 0 Å². The summed E-state index contributed by atoms with van der Waals surface area (Å²) in [4.78, 5) is 22.3. The van der Waals surface area contributed by atoms with Gasteiger partial charge in [-0.05, 0) is 31.8 Å². The van der Waals surface area contributed by atoms with Crippen molar-refractivity contribution < 1.29 is 19.4 Å². The second kappa shape index (κ2) is 8.34. The second-order valence-electron chi connectivity index (χ2n) is 4.45. The Labute approximate surface area is 113 Å². The summed E-state index contributed by atoms with van der Waals surface area (Å²) in [6.45, 7) is 0.572.